The zero-order valence-electron chi connectivity index (χ0n) is 14.3. The van der Waals surface area contributed by atoms with Gasteiger partial charge in [-0.05, 0) is 49.7 Å². The average Bonchev–Trinajstić information content (AvgIpc) is 2.59. The minimum absolute atomic E-state index is 0.00817. The summed E-state index contributed by atoms with van der Waals surface area (Å²) in [5.41, 5.74) is 0.850. The van der Waals surface area contributed by atoms with Crippen LogP contribution in [0.4, 0.5) is 15.8 Å². The molecule has 0 aromatic heterocycles. The maximum atomic E-state index is 14.6. The second kappa shape index (κ2) is 8.61. The van der Waals surface area contributed by atoms with Gasteiger partial charge in [-0.25, -0.2) is 17.7 Å². The van der Waals surface area contributed by atoms with Crippen LogP contribution in [-0.2, 0) is 16.0 Å². The van der Waals surface area contributed by atoms with E-state index < -0.39 is 23.1 Å². The van der Waals surface area contributed by atoms with E-state index in [-0.39, 0.29) is 23.5 Å². The highest BCUT2D eigenvalue weighted by Gasteiger charge is 2.24. The van der Waals surface area contributed by atoms with Gasteiger partial charge in [0.25, 0.3) is 11.3 Å². The average molecular weight is 446 g/mol. The molecule has 0 bridgehead atoms. The number of esters is 1. The normalized spacial score (nSPS) is 11.8. The van der Waals surface area contributed by atoms with Crippen LogP contribution in [0.2, 0.25) is 0 Å². The molecule has 1 atom stereocenters. The highest BCUT2D eigenvalue weighted by atomic mass is 79.9. The van der Waals surface area contributed by atoms with Crippen molar-refractivity contribution in [3.8, 4) is 5.75 Å². The van der Waals surface area contributed by atoms with E-state index in [9.17, 15) is 17.9 Å². The molecular formula is C17H17BrFNO5S. The first kappa shape index (κ1) is 20.3. The van der Waals surface area contributed by atoms with Gasteiger partial charge in [-0.15, -0.1) is 0 Å². The van der Waals surface area contributed by atoms with Crippen molar-refractivity contribution in [1.29, 1.82) is 0 Å². The zero-order valence-corrected chi connectivity index (χ0v) is 16.7. The van der Waals surface area contributed by atoms with Crippen LogP contribution < -0.4 is 9.04 Å². The molecule has 0 aliphatic rings. The number of hydrogen-bond donors (Lipinski definition) is 1. The van der Waals surface area contributed by atoms with Gasteiger partial charge in [-0.1, -0.05) is 15.9 Å². The lowest BCUT2D eigenvalue weighted by Crippen LogP contribution is -2.21. The first-order valence-electron chi connectivity index (χ1n) is 7.52. The number of carbonyl (C=O) groups excluding carboxylic acids is 1. The van der Waals surface area contributed by atoms with Crippen LogP contribution in [-0.4, -0.2) is 28.4 Å². The molecule has 1 unspecified atom stereocenters. The van der Waals surface area contributed by atoms with Gasteiger partial charge in [0.1, 0.15) is 17.3 Å². The molecule has 0 aliphatic heterocycles. The SMILES string of the molecule is CCOC(=O)c1ccc(N(c2cc(Br)c(C)cc2OC)S(=O)O)c(F)c1. The van der Waals surface area contributed by atoms with E-state index in [4.69, 9.17) is 9.47 Å². The lowest BCUT2D eigenvalue weighted by atomic mass is 10.1. The third-order valence-corrected chi connectivity index (χ3v) is 5.07. The predicted molar refractivity (Wildman–Crippen MR) is 101 cm³/mol. The maximum absolute atomic E-state index is 14.6. The van der Waals surface area contributed by atoms with Crippen molar-refractivity contribution >= 4 is 44.5 Å². The molecule has 140 valence electrons. The van der Waals surface area contributed by atoms with Gasteiger partial charge < -0.3 is 9.47 Å². The zero-order chi connectivity index (χ0) is 19.4. The van der Waals surface area contributed by atoms with Crippen molar-refractivity contribution in [3.05, 3.63) is 51.7 Å². The van der Waals surface area contributed by atoms with E-state index in [1.165, 1.54) is 19.2 Å². The number of rotatable bonds is 6. The summed E-state index contributed by atoms with van der Waals surface area (Å²) in [5.74, 6) is -1.23. The van der Waals surface area contributed by atoms with Crippen molar-refractivity contribution in [2.24, 2.45) is 0 Å². The number of ether oxygens (including phenoxy) is 2. The highest BCUT2D eigenvalue weighted by molar-refractivity contribution is 9.10. The molecule has 0 fully saturated rings. The lowest BCUT2D eigenvalue weighted by Gasteiger charge is -2.23. The van der Waals surface area contributed by atoms with Crippen LogP contribution in [0.1, 0.15) is 22.8 Å². The third kappa shape index (κ3) is 4.22. The molecule has 0 spiro atoms. The fourth-order valence-electron chi connectivity index (χ4n) is 2.28. The van der Waals surface area contributed by atoms with E-state index in [1.807, 2.05) is 6.92 Å². The van der Waals surface area contributed by atoms with Gasteiger partial charge >= 0.3 is 5.97 Å². The Labute approximate surface area is 161 Å². The molecule has 26 heavy (non-hydrogen) atoms. The van der Waals surface area contributed by atoms with Crippen molar-refractivity contribution in [2.45, 2.75) is 13.8 Å². The second-order valence-electron chi connectivity index (χ2n) is 5.19. The molecule has 2 rings (SSSR count). The summed E-state index contributed by atoms with van der Waals surface area (Å²) in [5, 5.41) is 0. The number of nitrogens with zero attached hydrogens (tertiary/aromatic N) is 1. The molecule has 6 nitrogen and oxygen atoms in total. The van der Waals surface area contributed by atoms with Gasteiger partial charge in [0.15, 0.2) is 0 Å². The van der Waals surface area contributed by atoms with Crippen LogP contribution in [0.5, 0.6) is 5.75 Å². The summed E-state index contributed by atoms with van der Waals surface area (Å²) in [6.07, 6.45) is 0. The molecule has 9 heteroatoms. The van der Waals surface area contributed by atoms with E-state index in [1.54, 1.807) is 19.1 Å². The molecule has 2 aromatic carbocycles. The van der Waals surface area contributed by atoms with Gasteiger partial charge in [0.2, 0.25) is 0 Å². The quantitative estimate of drug-likeness (QED) is 0.527. The molecule has 0 saturated heterocycles. The molecule has 0 aliphatic carbocycles. The molecule has 0 amide bonds. The number of halogens is 2. The lowest BCUT2D eigenvalue weighted by molar-refractivity contribution is 0.0526. The topological polar surface area (TPSA) is 76.1 Å². The second-order valence-corrected chi connectivity index (χ2v) is 6.87. The van der Waals surface area contributed by atoms with Crippen LogP contribution in [0.3, 0.4) is 0 Å². The highest BCUT2D eigenvalue weighted by Crippen LogP contribution is 2.39. The first-order valence-corrected chi connectivity index (χ1v) is 9.37. The van der Waals surface area contributed by atoms with Crippen molar-refractivity contribution in [2.75, 3.05) is 18.0 Å². The Hall–Kier alpha value is -1.97. The fourth-order valence-corrected chi connectivity index (χ4v) is 3.24. The Morgan fingerprint density at radius 1 is 1.31 bits per heavy atom. The van der Waals surface area contributed by atoms with Crippen LogP contribution in [0, 0.1) is 12.7 Å². The Morgan fingerprint density at radius 3 is 2.54 bits per heavy atom. The van der Waals surface area contributed by atoms with Gasteiger partial charge in [-0.2, -0.15) is 0 Å². The number of aryl methyl sites for hydroxylation is 1. The Morgan fingerprint density at radius 2 is 2.00 bits per heavy atom. The molecule has 1 N–H and O–H groups in total. The van der Waals surface area contributed by atoms with E-state index >= 15 is 0 Å². The number of methoxy groups -OCH3 is 1. The smallest absolute Gasteiger partial charge is 0.338 e. The molecule has 2 aromatic rings. The third-order valence-electron chi connectivity index (χ3n) is 3.51. The van der Waals surface area contributed by atoms with E-state index in [2.05, 4.69) is 15.9 Å². The number of carbonyl (C=O) groups is 1. The van der Waals surface area contributed by atoms with Crippen LogP contribution in [0.15, 0.2) is 34.8 Å². The standard InChI is InChI=1S/C17H17BrFNO5S/c1-4-25-17(21)11-5-6-14(13(19)8-11)20(26(22)23)15-9-12(18)10(2)7-16(15)24-3/h5-9H,4H2,1-3H3,(H,22,23). The predicted octanol–water partition coefficient (Wildman–Crippen LogP) is 4.36. The largest absolute Gasteiger partial charge is 0.495 e. The summed E-state index contributed by atoms with van der Waals surface area (Å²) in [6.45, 7) is 3.62. The van der Waals surface area contributed by atoms with Gasteiger partial charge in [0, 0.05) is 4.47 Å². The molecule has 0 radical (unpaired) electrons. The first-order chi connectivity index (χ1) is 12.3. The molecular weight excluding hydrogens is 429 g/mol. The van der Waals surface area contributed by atoms with Crippen LogP contribution in [0.25, 0.3) is 0 Å². The fraction of sp³-hybridized carbons (Fsp3) is 0.235. The summed E-state index contributed by atoms with van der Waals surface area (Å²) in [4.78, 5) is 11.7. The number of hydrogen-bond acceptors (Lipinski definition) is 4. The van der Waals surface area contributed by atoms with Crippen molar-refractivity contribution in [3.63, 3.8) is 0 Å². The van der Waals surface area contributed by atoms with E-state index in [0.29, 0.717) is 10.2 Å². The summed E-state index contributed by atoms with van der Waals surface area (Å²) in [7, 11) is 1.41. The van der Waals surface area contributed by atoms with Crippen molar-refractivity contribution in [1.82, 2.24) is 0 Å². The summed E-state index contributed by atoms with van der Waals surface area (Å²) < 4.78 is 47.9. The summed E-state index contributed by atoms with van der Waals surface area (Å²) in [6, 6.07) is 6.74. The molecule has 0 saturated carbocycles. The number of anilines is 2. The summed E-state index contributed by atoms with van der Waals surface area (Å²) >= 11 is 0.761. The van der Waals surface area contributed by atoms with Gasteiger partial charge in [0.05, 0.1) is 25.0 Å². The maximum Gasteiger partial charge on any atom is 0.338 e. The van der Waals surface area contributed by atoms with Crippen molar-refractivity contribution < 1.29 is 27.4 Å². The number of benzene rings is 2. The van der Waals surface area contributed by atoms with Gasteiger partial charge in [-0.3, -0.25) is 4.55 Å². The Balaban J connectivity index is 2.57. The van der Waals surface area contributed by atoms with E-state index in [0.717, 1.165) is 15.9 Å². The Bertz CT molecular complexity index is 861. The minimum Gasteiger partial charge on any atom is -0.495 e. The molecule has 0 heterocycles. The minimum atomic E-state index is -2.59. The van der Waals surface area contributed by atoms with Crippen LogP contribution >= 0.6 is 15.9 Å². The monoisotopic (exact) mass is 445 g/mol. The Kier molecular flexibility index (Phi) is 6.74.